The standard InChI is InChI=1S/C45H46ClN5O2/c1-6-50(7-2)37-23-16-32(17-24-37)42(33-18-25-38(26-19-33)51(8-3)9-4)31-14-21-36(22-15-31)48-49-43-39-13-11-10-12-34(39)29-40(44(43)52)45(53)47-41-27-20-35(46)28-30(41)5/h10-29,42,52H,6-9H2,1-5H3,(H,47,53). The van der Waals surface area contributed by atoms with Gasteiger partial charge in [0, 0.05) is 59.6 Å². The van der Waals surface area contributed by atoms with Crippen LogP contribution in [0.5, 0.6) is 5.75 Å². The highest BCUT2D eigenvalue weighted by Gasteiger charge is 2.21. The van der Waals surface area contributed by atoms with Crippen molar-refractivity contribution in [1.29, 1.82) is 0 Å². The molecule has 6 rings (SSSR count). The normalized spacial score (nSPS) is 11.4. The molecular formula is C45H46ClN5O2. The number of benzene rings is 6. The number of rotatable bonds is 13. The second kappa shape index (κ2) is 16.8. The number of amides is 1. The van der Waals surface area contributed by atoms with E-state index < -0.39 is 5.91 Å². The molecular weight excluding hydrogens is 678 g/mol. The molecule has 0 aromatic heterocycles. The number of phenolic OH excluding ortho intramolecular Hbond substituents is 1. The molecule has 0 radical (unpaired) electrons. The van der Waals surface area contributed by atoms with Crippen LogP contribution in [0.3, 0.4) is 0 Å². The molecule has 0 saturated carbocycles. The van der Waals surface area contributed by atoms with Gasteiger partial charge in [-0.2, -0.15) is 5.11 Å². The number of anilines is 3. The average molecular weight is 724 g/mol. The molecule has 6 aromatic carbocycles. The predicted octanol–water partition coefficient (Wildman–Crippen LogP) is 12.0. The van der Waals surface area contributed by atoms with E-state index in [4.69, 9.17) is 11.6 Å². The van der Waals surface area contributed by atoms with Crippen LogP contribution in [0.2, 0.25) is 5.02 Å². The SMILES string of the molecule is CCN(CC)c1ccc(C(c2ccc(N=Nc3c(O)c(C(=O)Nc4ccc(Cl)cc4C)cc4ccccc34)cc2)c2ccc(N(CC)CC)cc2)cc1. The van der Waals surface area contributed by atoms with Crippen molar-refractivity contribution in [3.05, 3.63) is 154 Å². The number of carbonyl (C=O) groups is 1. The minimum atomic E-state index is -0.458. The molecule has 8 heteroatoms. The zero-order valence-electron chi connectivity index (χ0n) is 31.0. The zero-order chi connectivity index (χ0) is 37.5. The van der Waals surface area contributed by atoms with E-state index in [0.29, 0.717) is 21.8 Å². The summed E-state index contributed by atoms with van der Waals surface area (Å²) in [5.74, 6) is -0.694. The van der Waals surface area contributed by atoms with Crippen molar-refractivity contribution in [3.8, 4) is 5.75 Å². The van der Waals surface area contributed by atoms with Crippen LogP contribution in [0, 0.1) is 6.92 Å². The lowest BCUT2D eigenvalue weighted by Gasteiger charge is -2.25. The van der Waals surface area contributed by atoms with Gasteiger partial charge in [0.05, 0.1) is 11.3 Å². The van der Waals surface area contributed by atoms with Crippen LogP contribution in [0.15, 0.2) is 132 Å². The Balaban J connectivity index is 1.33. The summed E-state index contributed by atoms with van der Waals surface area (Å²) in [6, 6.07) is 40.2. The number of halogens is 1. The lowest BCUT2D eigenvalue weighted by Crippen LogP contribution is -2.21. The maximum absolute atomic E-state index is 13.5. The van der Waals surface area contributed by atoms with Gasteiger partial charge in [-0.3, -0.25) is 4.79 Å². The van der Waals surface area contributed by atoms with Crippen LogP contribution >= 0.6 is 11.6 Å². The van der Waals surface area contributed by atoms with E-state index in [0.717, 1.165) is 42.7 Å². The number of aryl methyl sites for hydroxylation is 1. The zero-order valence-corrected chi connectivity index (χ0v) is 31.7. The minimum Gasteiger partial charge on any atom is -0.505 e. The van der Waals surface area contributed by atoms with E-state index in [2.05, 4.69) is 114 Å². The molecule has 0 atom stereocenters. The van der Waals surface area contributed by atoms with Gasteiger partial charge < -0.3 is 20.2 Å². The molecule has 0 heterocycles. The maximum atomic E-state index is 13.5. The first-order valence-corrected chi connectivity index (χ1v) is 18.7. The predicted molar refractivity (Wildman–Crippen MR) is 221 cm³/mol. The van der Waals surface area contributed by atoms with Crippen molar-refractivity contribution >= 4 is 56.7 Å². The van der Waals surface area contributed by atoms with Crippen LogP contribution in [0.1, 0.15) is 66.2 Å². The van der Waals surface area contributed by atoms with Crippen molar-refractivity contribution in [2.75, 3.05) is 41.3 Å². The molecule has 0 aliphatic heterocycles. The first-order chi connectivity index (χ1) is 25.7. The van der Waals surface area contributed by atoms with Gasteiger partial charge in [-0.1, -0.05) is 72.3 Å². The molecule has 0 spiro atoms. The summed E-state index contributed by atoms with van der Waals surface area (Å²) in [5, 5.41) is 25.4. The Hall–Kier alpha value is -5.66. The fraction of sp³-hybridized carbons (Fsp3) is 0.222. The Morgan fingerprint density at radius 2 is 1.23 bits per heavy atom. The molecule has 0 bridgehead atoms. The third kappa shape index (κ3) is 8.21. The molecule has 0 aliphatic carbocycles. The number of aromatic hydroxyl groups is 1. The van der Waals surface area contributed by atoms with E-state index in [1.54, 1.807) is 24.3 Å². The molecule has 0 unspecified atom stereocenters. The Morgan fingerprint density at radius 1 is 0.698 bits per heavy atom. The van der Waals surface area contributed by atoms with Gasteiger partial charge in [-0.25, -0.2) is 0 Å². The molecule has 0 fully saturated rings. The number of fused-ring (bicyclic) bond motifs is 1. The number of hydrogen-bond acceptors (Lipinski definition) is 6. The number of carbonyl (C=O) groups excluding carboxylic acids is 1. The molecule has 0 saturated heterocycles. The van der Waals surface area contributed by atoms with Gasteiger partial charge in [0.25, 0.3) is 5.91 Å². The van der Waals surface area contributed by atoms with Crippen molar-refractivity contribution in [2.24, 2.45) is 10.2 Å². The summed E-state index contributed by atoms with van der Waals surface area (Å²) in [6.45, 7) is 14.4. The Bertz CT molecular complexity index is 2150. The summed E-state index contributed by atoms with van der Waals surface area (Å²) in [6.07, 6.45) is 0. The monoisotopic (exact) mass is 723 g/mol. The van der Waals surface area contributed by atoms with Crippen LogP contribution < -0.4 is 15.1 Å². The highest BCUT2D eigenvalue weighted by atomic mass is 35.5. The highest BCUT2D eigenvalue weighted by Crippen LogP contribution is 2.40. The Labute approximate surface area is 317 Å². The third-order valence-electron chi connectivity index (χ3n) is 9.88. The molecule has 1 amide bonds. The smallest absolute Gasteiger partial charge is 0.259 e. The van der Waals surface area contributed by atoms with Crippen molar-refractivity contribution < 1.29 is 9.90 Å². The summed E-state index contributed by atoms with van der Waals surface area (Å²) in [5.41, 5.74) is 8.31. The van der Waals surface area contributed by atoms with E-state index in [1.165, 1.54) is 22.5 Å². The van der Waals surface area contributed by atoms with Gasteiger partial charge in [-0.05, 0) is 123 Å². The average Bonchev–Trinajstić information content (AvgIpc) is 3.18. The van der Waals surface area contributed by atoms with Crippen LogP contribution in [-0.2, 0) is 0 Å². The Morgan fingerprint density at radius 3 is 1.75 bits per heavy atom. The fourth-order valence-electron chi connectivity index (χ4n) is 6.90. The van der Waals surface area contributed by atoms with Crippen LogP contribution in [-0.4, -0.2) is 37.2 Å². The van der Waals surface area contributed by atoms with Crippen LogP contribution in [0.4, 0.5) is 28.4 Å². The fourth-order valence-corrected chi connectivity index (χ4v) is 7.13. The molecule has 6 aromatic rings. The molecule has 0 aliphatic rings. The Kier molecular flexibility index (Phi) is 11.8. The second-order valence-electron chi connectivity index (χ2n) is 13.0. The van der Waals surface area contributed by atoms with Gasteiger partial charge >= 0.3 is 0 Å². The first-order valence-electron chi connectivity index (χ1n) is 18.3. The number of nitrogens with zero attached hydrogens (tertiary/aromatic N) is 4. The molecule has 53 heavy (non-hydrogen) atoms. The van der Waals surface area contributed by atoms with E-state index >= 15 is 0 Å². The number of hydrogen-bond donors (Lipinski definition) is 2. The summed E-state index contributed by atoms with van der Waals surface area (Å²) in [4.78, 5) is 18.2. The van der Waals surface area contributed by atoms with E-state index in [-0.39, 0.29) is 22.9 Å². The summed E-state index contributed by atoms with van der Waals surface area (Å²) < 4.78 is 0. The lowest BCUT2D eigenvalue weighted by atomic mass is 9.85. The lowest BCUT2D eigenvalue weighted by molar-refractivity contribution is 0.102. The molecule has 7 nitrogen and oxygen atoms in total. The van der Waals surface area contributed by atoms with Gasteiger partial charge in [0.1, 0.15) is 5.69 Å². The van der Waals surface area contributed by atoms with Crippen molar-refractivity contribution in [3.63, 3.8) is 0 Å². The van der Waals surface area contributed by atoms with E-state index in [9.17, 15) is 9.90 Å². The van der Waals surface area contributed by atoms with Gasteiger partial charge in [0.15, 0.2) is 5.75 Å². The van der Waals surface area contributed by atoms with Gasteiger partial charge in [-0.15, -0.1) is 5.11 Å². The summed E-state index contributed by atoms with van der Waals surface area (Å²) in [7, 11) is 0. The van der Waals surface area contributed by atoms with Crippen LogP contribution in [0.25, 0.3) is 10.8 Å². The third-order valence-corrected chi connectivity index (χ3v) is 10.1. The number of azo groups is 1. The maximum Gasteiger partial charge on any atom is 0.259 e. The van der Waals surface area contributed by atoms with Crippen molar-refractivity contribution in [1.82, 2.24) is 0 Å². The second-order valence-corrected chi connectivity index (χ2v) is 13.4. The van der Waals surface area contributed by atoms with E-state index in [1.807, 2.05) is 43.3 Å². The molecule has 2 N–H and O–H groups in total. The van der Waals surface area contributed by atoms with Crippen molar-refractivity contribution in [2.45, 2.75) is 40.5 Å². The first kappa shape index (κ1) is 37.1. The quantitative estimate of drug-likeness (QED) is 0.0918. The number of phenols is 1. The minimum absolute atomic E-state index is 0.00459. The molecule has 270 valence electrons. The number of nitrogens with one attached hydrogen (secondary N) is 1. The topological polar surface area (TPSA) is 80.5 Å². The summed E-state index contributed by atoms with van der Waals surface area (Å²) >= 11 is 6.12. The largest absolute Gasteiger partial charge is 0.505 e. The highest BCUT2D eigenvalue weighted by molar-refractivity contribution is 6.30. The van der Waals surface area contributed by atoms with Gasteiger partial charge in [0.2, 0.25) is 0 Å².